The van der Waals surface area contributed by atoms with Gasteiger partial charge in [-0.2, -0.15) is 0 Å². The monoisotopic (exact) mass is 299 g/mol. The van der Waals surface area contributed by atoms with Crippen molar-refractivity contribution in [1.29, 1.82) is 0 Å². The van der Waals surface area contributed by atoms with E-state index in [-0.39, 0.29) is 11.6 Å². The highest BCUT2D eigenvalue weighted by Crippen LogP contribution is 2.26. The third kappa shape index (κ3) is 2.20. The molecule has 0 radical (unpaired) electrons. The predicted molar refractivity (Wildman–Crippen MR) is 65.2 cm³/mol. The summed E-state index contributed by atoms with van der Waals surface area (Å²) < 4.78 is 13.4. The number of Topliss-reactive ketones (excluding diaryl/α,β-unsaturated/α-hetero) is 1. The molecule has 0 aliphatic heterocycles. The second-order valence-corrected chi connectivity index (χ2v) is 4.94. The Morgan fingerprint density at radius 3 is 2.81 bits per heavy atom. The van der Waals surface area contributed by atoms with E-state index in [0.717, 1.165) is 5.56 Å². The van der Waals surface area contributed by atoms with Gasteiger partial charge < -0.3 is 0 Å². The normalized spacial score (nSPS) is 10.4. The fraction of sp³-hybridized carbons (Fsp3) is 0.0909. The highest BCUT2D eigenvalue weighted by molar-refractivity contribution is 9.10. The molecule has 1 heterocycles. The molecule has 0 saturated heterocycles. The summed E-state index contributed by atoms with van der Waals surface area (Å²) in [5.74, 6) is -0.372. The van der Waals surface area contributed by atoms with Crippen LogP contribution in [0.4, 0.5) is 4.39 Å². The second kappa shape index (κ2) is 4.43. The van der Waals surface area contributed by atoms with E-state index in [2.05, 4.69) is 20.9 Å². The first-order valence-electron chi connectivity index (χ1n) is 4.50. The molecule has 0 unspecified atom stereocenters. The van der Waals surface area contributed by atoms with Crippen molar-refractivity contribution in [1.82, 2.24) is 4.98 Å². The molecule has 82 valence electrons. The minimum absolute atomic E-state index is 0.0579. The molecular formula is C11H7BrFNOS. The number of carbonyl (C=O) groups is 1. The van der Waals surface area contributed by atoms with Crippen LogP contribution in [0.5, 0.6) is 0 Å². The lowest BCUT2D eigenvalue weighted by Crippen LogP contribution is -1.90. The molecule has 0 saturated carbocycles. The van der Waals surface area contributed by atoms with Crippen molar-refractivity contribution in [3.8, 4) is 11.3 Å². The SMILES string of the molecule is CC(=O)c1nc(-c2ccc(F)c(Br)c2)cs1. The average molecular weight is 300 g/mol. The van der Waals surface area contributed by atoms with E-state index in [1.54, 1.807) is 17.5 Å². The van der Waals surface area contributed by atoms with Crippen LogP contribution in [0.1, 0.15) is 16.7 Å². The third-order valence-corrected chi connectivity index (χ3v) is 3.57. The van der Waals surface area contributed by atoms with Gasteiger partial charge in [0.2, 0.25) is 0 Å². The molecule has 2 aromatic rings. The zero-order chi connectivity index (χ0) is 11.7. The first-order valence-corrected chi connectivity index (χ1v) is 6.17. The summed E-state index contributed by atoms with van der Waals surface area (Å²) in [6.07, 6.45) is 0. The third-order valence-electron chi connectivity index (χ3n) is 2.02. The Morgan fingerprint density at radius 1 is 1.50 bits per heavy atom. The molecule has 0 aliphatic rings. The zero-order valence-corrected chi connectivity index (χ0v) is 10.7. The molecule has 16 heavy (non-hydrogen) atoms. The number of carbonyl (C=O) groups excluding carboxylic acids is 1. The number of hydrogen-bond acceptors (Lipinski definition) is 3. The van der Waals surface area contributed by atoms with Gasteiger partial charge in [0, 0.05) is 17.9 Å². The topological polar surface area (TPSA) is 30.0 Å². The number of benzene rings is 1. The van der Waals surface area contributed by atoms with Crippen LogP contribution in [0.25, 0.3) is 11.3 Å². The molecule has 5 heteroatoms. The minimum atomic E-state index is -0.314. The maximum Gasteiger partial charge on any atom is 0.188 e. The van der Waals surface area contributed by atoms with E-state index in [1.807, 2.05) is 0 Å². The number of ketones is 1. The molecule has 2 rings (SSSR count). The summed E-state index contributed by atoms with van der Waals surface area (Å²) in [6, 6.07) is 4.65. The summed E-state index contributed by atoms with van der Waals surface area (Å²) in [6.45, 7) is 1.48. The molecule has 0 amide bonds. The van der Waals surface area contributed by atoms with Gasteiger partial charge in [-0.25, -0.2) is 9.37 Å². The molecule has 0 fully saturated rings. The summed E-state index contributed by atoms with van der Waals surface area (Å²) >= 11 is 4.41. The van der Waals surface area contributed by atoms with E-state index >= 15 is 0 Å². The molecule has 0 aliphatic carbocycles. The van der Waals surface area contributed by atoms with E-state index < -0.39 is 0 Å². The lowest BCUT2D eigenvalue weighted by atomic mass is 10.2. The van der Waals surface area contributed by atoms with Crippen molar-refractivity contribution < 1.29 is 9.18 Å². The molecule has 0 N–H and O–H groups in total. The molecule has 1 aromatic carbocycles. The maximum atomic E-state index is 13.0. The summed E-state index contributed by atoms with van der Waals surface area (Å²) in [4.78, 5) is 15.3. The average Bonchev–Trinajstić information content (AvgIpc) is 2.71. The maximum absolute atomic E-state index is 13.0. The van der Waals surface area contributed by atoms with Gasteiger partial charge in [-0.05, 0) is 34.1 Å². The van der Waals surface area contributed by atoms with Crippen LogP contribution < -0.4 is 0 Å². The number of aromatic nitrogens is 1. The van der Waals surface area contributed by atoms with Gasteiger partial charge in [-0.3, -0.25) is 4.79 Å². The Morgan fingerprint density at radius 2 is 2.25 bits per heavy atom. The lowest BCUT2D eigenvalue weighted by molar-refractivity contribution is 0.101. The van der Waals surface area contributed by atoms with Gasteiger partial charge in [0.15, 0.2) is 10.8 Å². The summed E-state index contributed by atoms with van der Waals surface area (Å²) in [5, 5.41) is 2.26. The molecular weight excluding hydrogens is 293 g/mol. The Bertz CT molecular complexity index is 553. The van der Waals surface area contributed by atoms with Crippen LogP contribution in [0.3, 0.4) is 0 Å². The minimum Gasteiger partial charge on any atom is -0.292 e. The van der Waals surface area contributed by atoms with Crippen LogP contribution in [-0.2, 0) is 0 Å². The Hall–Kier alpha value is -1.07. The summed E-state index contributed by atoms with van der Waals surface area (Å²) in [5.41, 5.74) is 1.48. The van der Waals surface area contributed by atoms with Crippen molar-refractivity contribution in [2.45, 2.75) is 6.92 Å². The van der Waals surface area contributed by atoms with Crippen LogP contribution in [0.15, 0.2) is 28.1 Å². The van der Waals surface area contributed by atoms with Gasteiger partial charge in [0.05, 0.1) is 10.2 Å². The van der Waals surface area contributed by atoms with Gasteiger partial charge in [0.25, 0.3) is 0 Å². The lowest BCUT2D eigenvalue weighted by Gasteiger charge is -1.98. The fourth-order valence-electron chi connectivity index (χ4n) is 1.22. The number of hydrogen-bond donors (Lipinski definition) is 0. The van der Waals surface area contributed by atoms with Crippen molar-refractivity contribution in [2.24, 2.45) is 0 Å². The van der Waals surface area contributed by atoms with Crippen LogP contribution in [-0.4, -0.2) is 10.8 Å². The number of rotatable bonds is 2. The quantitative estimate of drug-likeness (QED) is 0.787. The fourth-order valence-corrected chi connectivity index (χ4v) is 2.33. The highest BCUT2D eigenvalue weighted by atomic mass is 79.9. The Kier molecular flexibility index (Phi) is 3.16. The van der Waals surface area contributed by atoms with E-state index in [0.29, 0.717) is 15.2 Å². The first-order chi connectivity index (χ1) is 7.58. The largest absolute Gasteiger partial charge is 0.292 e. The Labute approximate surface area is 104 Å². The number of halogens is 2. The van der Waals surface area contributed by atoms with Crippen molar-refractivity contribution >= 4 is 33.0 Å². The van der Waals surface area contributed by atoms with Crippen LogP contribution >= 0.6 is 27.3 Å². The van der Waals surface area contributed by atoms with E-state index in [9.17, 15) is 9.18 Å². The number of nitrogens with zero attached hydrogens (tertiary/aromatic N) is 1. The predicted octanol–water partition coefficient (Wildman–Crippen LogP) is 3.91. The van der Waals surface area contributed by atoms with E-state index in [1.165, 1.54) is 24.3 Å². The van der Waals surface area contributed by atoms with Crippen LogP contribution in [0, 0.1) is 5.82 Å². The van der Waals surface area contributed by atoms with Crippen molar-refractivity contribution in [3.63, 3.8) is 0 Å². The molecule has 0 atom stereocenters. The standard InChI is InChI=1S/C11H7BrFNOS/c1-6(15)11-14-10(5-16-11)7-2-3-9(13)8(12)4-7/h2-5H,1H3. The summed E-state index contributed by atoms with van der Waals surface area (Å²) in [7, 11) is 0. The molecule has 0 spiro atoms. The van der Waals surface area contributed by atoms with Gasteiger partial charge in [-0.1, -0.05) is 0 Å². The zero-order valence-electron chi connectivity index (χ0n) is 8.33. The number of thiazole rings is 1. The first kappa shape index (κ1) is 11.4. The van der Waals surface area contributed by atoms with Crippen molar-refractivity contribution in [3.05, 3.63) is 38.9 Å². The Balaban J connectivity index is 2.42. The van der Waals surface area contributed by atoms with Gasteiger partial charge >= 0.3 is 0 Å². The van der Waals surface area contributed by atoms with Gasteiger partial charge in [-0.15, -0.1) is 11.3 Å². The second-order valence-electron chi connectivity index (χ2n) is 3.22. The van der Waals surface area contributed by atoms with Crippen molar-refractivity contribution in [2.75, 3.05) is 0 Å². The molecule has 1 aromatic heterocycles. The van der Waals surface area contributed by atoms with Gasteiger partial charge in [0.1, 0.15) is 5.82 Å². The van der Waals surface area contributed by atoms with E-state index in [4.69, 9.17) is 0 Å². The molecule has 0 bridgehead atoms. The molecule has 2 nitrogen and oxygen atoms in total. The smallest absolute Gasteiger partial charge is 0.188 e. The highest BCUT2D eigenvalue weighted by Gasteiger charge is 2.09. The van der Waals surface area contributed by atoms with Crippen LogP contribution in [0.2, 0.25) is 0 Å².